The first-order chi connectivity index (χ1) is 15.9. The van der Waals surface area contributed by atoms with Crippen LogP contribution in [0.1, 0.15) is 30.9 Å². The molecule has 0 aliphatic carbocycles. The van der Waals surface area contributed by atoms with E-state index in [9.17, 15) is 9.59 Å². The number of carbonyl (C=O) groups is 2. The van der Waals surface area contributed by atoms with E-state index >= 15 is 0 Å². The molecular formula is C25H30N4O4. The fourth-order valence-electron chi connectivity index (χ4n) is 5.54. The van der Waals surface area contributed by atoms with Crippen LogP contribution in [0.5, 0.6) is 5.75 Å². The van der Waals surface area contributed by atoms with Gasteiger partial charge in [-0.05, 0) is 49.2 Å². The van der Waals surface area contributed by atoms with Crippen LogP contribution < -0.4 is 15.0 Å². The van der Waals surface area contributed by atoms with Crippen molar-refractivity contribution in [2.24, 2.45) is 0 Å². The predicted octanol–water partition coefficient (Wildman–Crippen LogP) is 2.88. The summed E-state index contributed by atoms with van der Waals surface area (Å²) in [5, 5.41) is 4.01. The van der Waals surface area contributed by atoms with E-state index in [1.165, 1.54) is 16.3 Å². The number of nitrogens with one attached hydrogen (secondary N) is 1. The highest BCUT2D eigenvalue weighted by atomic mass is 16.7. The van der Waals surface area contributed by atoms with Gasteiger partial charge in [0, 0.05) is 24.7 Å². The molecule has 3 heterocycles. The Hall–Kier alpha value is -3.10. The van der Waals surface area contributed by atoms with Crippen molar-refractivity contribution >= 4 is 17.7 Å². The number of likely N-dealkylation sites (N-methyl/N-ethyl adjacent to an activating group) is 2. The lowest BCUT2D eigenvalue weighted by atomic mass is 9.81. The number of carbonyl (C=O) groups excluding carboxylic acids is 2. The second-order valence-corrected chi connectivity index (χ2v) is 9.39. The smallest absolute Gasteiger partial charge is 0.410 e. The summed E-state index contributed by atoms with van der Waals surface area (Å²) >= 11 is 0. The zero-order valence-corrected chi connectivity index (χ0v) is 19.3. The van der Waals surface area contributed by atoms with E-state index in [-0.39, 0.29) is 11.3 Å². The Bertz CT molecular complexity index is 1060. The van der Waals surface area contributed by atoms with Crippen LogP contribution in [0.25, 0.3) is 0 Å². The Morgan fingerprint density at radius 2 is 1.94 bits per heavy atom. The Balaban J connectivity index is 1.19. The summed E-state index contributed by atoms with van der Waals surface area (Å²) in [6.07, 6.45) is 1.20. The van der Waals surface area contributed by atoms with Gasteiger partial charge in [-0.15, -0.1) is 0 Å². The van der Waals surface area contributed by atoms with Crippen LogP contribution in [0.4, 0.5) is 10.5 Å². The Kier molecular flexibility index (Phi) is 5.50. The second kappa shape index (κ2) is 8.35. The van der Waals surface area contributed by atoms with Gasteiger partial charge in [-0.2, -0.15) is 0 Å². The molecule has 3 aliphatic heterocycles. The number of ether oxygens (including phenoxy) is 1. The highest BCUT2D eigenvalue weighted by Gasteiger charge is 2.52. The summed E-state index contributed by atoms with van der Waals surface area (Å²) in [5.74, 6) is 0.224. The minimum absolute atomic E-state index is 0.00725. The lowest BCUT2D eigenvalue weighted by molar-refractivity contribution is -0.183. The van der Waals surface area contributed by atoms with Crippen molar-refractivity contribution in [3.8, 4) is 5.75 Å². The molecule has 0 saturated carbocycles. The third kappa shape index (κ3) is 3.83. The average Bonchev–Trinajstić information content (AvgIpc) is 3.38. The van der Waals surface area contributed by atoms with Gasteiger partial charge in [-0.1, -0.05) is 37.3 Å². The Morgan fingerprint density at radius 1 is 1.15 bits per heavy atom. The van der Waals surface area contributed by atoms with E-state index < -0.39 is 12.1 Å². The molecule has 33 heavy (non-hydrogen) atoms. The van der Waals surface area contributed by atoms with E-state index in [0.29, 0.717) is 31.5 Å². The van der Waals surface area contributed by atoms with Gasteiger partial charge in [0.05, 0.1) is 12.7 Å². The normalized spacial score (nSPS) is 26.5. The van der Waals surface area contributed by atoms with E-state index in [1.54, 1.807) is 0 Å². The van der Waals surface area contributed by atoms with Gasteiger partial charge >= 0.3 is 6.09 Å². The quantitative estimate of drug-likeness (QED) is 0.755. The van der Waals surface area contributed by atoms with E-state index in [2.05, 4.69) is 36.1 Å². The standard InChI is InChI=1S/C25H30N4O4/c1-25-12-14-27(2)23(25)28(3)21-10-9-18(15-19(21)25)33-24(31)26-20-11-13-29(22(20)30)32-16-17-7-5-4-6-8-17/h4-10,15,20,23H,11-14,16H2,1-3H3,(H,26,31)/t20-,23-,25+/m1/s1. The number of fused-ring (bicyclic) bond motifs is 3. The molecule has 3 aliphatic rings. The second-order valence-electron chi connectivity index (χ2n) is 9.39. The first kappa shape index (κ1) is 21.7. The number of hydrogen-bond donors (Lipinski definition) is 1. The Morgan fingerprint density at radius 3 is 2.73 bits per heavy atom. The largest absolute Gasteiger partial charge is 0.413 e. The molecular weight excluding hydrogens is 420 g/mol. The highest BCUT2D eigenvalue weighted by molar-refractivity contribution is 5.87. The van der Waals surface area contributed by atoms with Gasteiger partial charge in [-0.3, -0.25) is 14.5 Å². The molecule has 2 aromatic rings. The van der Waals surface area contributed by atoms with Gasteiger partial charge in [0.15, 0.2) is 0 Å². The maximum Gasteiger partial charge on any atom is 0.413 e. The van der Waals surface area contributed by atoms with Crippen molar-refractivity contribution in [3.63, 3.8) is 0 Å². The van der Waals surface area contributed by atoms with E-state index in [0.717, 1.165) is 18.5 Å². The van der Waals surface area contributed by atoms with E-state index in [4.69, 9.17) is 9.57 Å². The number of hydroxylamine groups is 2. The number of amides is 2. The third-order valence-electron chi connectivity index (χ3n) is 7.20. The number of anilines is 1. The summed E-state index contributed by atoms with van der Waals surface area (Å²) in [6.45, 7) is 4.04. The zero-order valence-electron chi connectivity index (χ0n) is 19.3. The third-order valence-corrected chi connectivity index (χ3v) is 7.20. The van der Waals surface area contributed by atoms with Crippen molar-refractivity contribution in [1.29, 1.82) is 0 Å². The zero-order chi connectivity index (χ0) is 23.2. The van der Waals surface area contributed by atoms with Gasteiger partial charge in [0.2, 0.25) is 0 Å². The number of benzene rings is 2. The molecule has 8 heteroatoms. The summed E-state index contributed by atoms with van der Waals surface area (Å²) in [7, 11) is 4.26. The number of nitrogens with zero attached hydrogens (tertiary/aromatic N) is 3. The highest BCUT2D eigenvalue weighted by Crippen LogP contribution is 2.51. The molecule has 8 nitrogen and oxygen atoms in total. The number of rotatable bonds is 5. The number of hydrogen-bond acceptors (Lipinski definition) is 6. The van der Waals surface area contributed by atoms with Crippen LogP contribution >= 0.6 is 0 Å². The minimum Gasteiger partial charge on any atom is -0.410 e. The van der Waals surface area contributed by atoms with Crippen LogP contribution in [0.15, 0.2) is 48.5 Å². The predicted molar refractivity (Wildman–Crippen MR) is 124 cm³/mol. The van der Waals surface area contributed by atoms with Crippen molar-refractivity contribution < 1.29 is 19.2 Å². The van der Waals surface area contributed by atoms with Crippen LogP contribution in [0.3, 0.4) is 0 Å². The molecule has 0 spiro atoms. The molecule has 2 fully saturated rings. The molecule has 0 radical (unpaired) electrons. The maximum atomic E-state index is 12.6. The van der Waals surface area contributed by atoms with Crippen molar-refractivity contribution in [3.05, 3.63) is 59.7 Å². The molecule has 2 amide bonds. The SMILES string of the molecule is CN1CC[C@@]2(C)c3cc(OC(=O)N[C@@H]4CCN(OCc5ccccc5)C4=O)ccc3N(C)[C@@H]12. The maximum absolute atomic E-state index is 12.6. The van der Waals surface area contributed by atoms with Crippen LogP contribution in [-0.2, 0) is 21.7 Å². The topological polar surface area (TPSA) is 74.4 Å². The fourth-order valence-corrected chi connectivity index (χ4v) is 5.54. The summed E-state index contributed by atoms with van der Waals surface area (Å²) in [4.78, 5) is 35.5. The molecule has 0 aromatic heterocycles. The van der Waals surface area contributed by atoms with Gasteiger partial charge in [0.1, 0.15) is 18.4 Å². The Labute approximate surface area is 194 Å². The first-order valence-corrected chi connectivity index (χ1v) is 11.4. The molecule has 0 bridgehead atoms. The van der Waals surface area contributed by atoms with Crippen molar-refractivity contribution in [2.45, 2.75) is 44.0 Å². The van der Waals surface area contributed by atoms with Crippen LogP contribution in [0, 0.1) is 0 Å². The summed E-state index contributed by atoms with van der Waals surface area (Å²) in [5.41, 5.74) is 3.33. The van der Waals surface area contributed by atoms with Crippen molar-refractivity contribution in [2.75, 3.05) is 32.1 Å². The monoisotopic (exact) mass is 450 g/mol. The van der Waals surface area contributed by atoms with Gasteiger partial charge in [0.25, 0.3) is 5.91 Å². The van der Waals surface area contributed by atoms with Crippen LogP contribution in [-0.4, -0.2) is 61.4 Å². The fraction of sp³-hybridized carbons (Fsp3) is 0.440. The van der Waals surface area contributed by atoms with Gasteiger partial charge < -0.3 is 15.0 Å². The van der Waals surface area contributed by atoms with Crippen molar-refractivity contribution in [1.82, 2.24) is 15.3 Å². The lowest BCUT2D eigenvalue weighted by Crippen LogP contribution is -2.45. The summed E-state index contributed by atoms with van der Waals surface area (Å²) < 4.78 is 5.58. The number of likely N-dealkylation sites (tertiary alicyclic amines) is 1. The average molecular weight is 451 g/mol. The van der Waals surface area contributed by atoms with Gasteiger partial charge in [-0.25, -0.2) is 9.86 Å². The molecule has 174 valence electrons. The van der Waals surface area contributed by atoms with Crippen LogP contribution in [0.2, 0.25) is 0 Å². The lowest BCUT2D eigenvalue weighted by Gasteiger charge is -2.32. The minimum atomic E-state index is -0.654. The van der Waals surface area contributed by atoms with E-state index in [1.807, 2.05) is 48.5 Å². The molecule has 2 saturated heterocycles. The first-order valence-electron chi connectivity index (χ1n) is 11.4. The molecule has 1 N–H and O–H groups in total. The molecule has 3 atom stereocenters. The molecule has 2 aromatic carbocycles. The summed E-state index contributed by atoms with van der Waals surface area (Å²) in [6, 6.07) is 14.8. The molecule has 0 unspecified atom stereocenters. The molecule has 5 rings (SSSR count).